The topological polar surface area (TPSA) is 60.0 Å². The highest BCUT2D eigenvalue weighted by atomic mass is 16.7. The Hall–Kier alpha value is -0.850. The van der Waals surface area contributed by atoms with E-state index in [2.05, 4.69) is 19.2 Å². The van der Waals surface area contributed by atoms with Crippen LogP contribution < -0.4 is 5.32 Å². The van der Waals surface area contributed by atoms with Gasteiger partial charge in [0.1, 0.15) is 0 Å². The van der Waals surface area contributed by atoms with Gasteiger partial charge < -0.3 is 24.4 Å². The Kier molecular flexibility index (Phi) is 4.60. The van der Waals surface area contributed by atoms with Crippen LogP contribution in [0.25, 0.3) is 0 Å². The zero-order chi connectivity index (χ0) is 17.6. The standard InChI is InChI=1S/C18H32N2O4/c1-16(2)11-14(17(3,4)24-16)19-15(21)20-8-6-7-13(12-20)18(5)22-9-10-23-18/h13-14H,6-12H2,1-5H3,(H,19,21)/t13-,14-/m0/s1. The second-order valence-electron chi connectivity index (χ2n) is 8.67. The Bertz CT molecular complexity index is 485. The van der Waals surface area contributed by atoms with E-state index in [1.807, 2.05) is 25.7 Å². The lowest BCUT2D eigenvalue weighted by molar-refractivity contribution is -0.189. The molecular formula is C18H32N2O4. The van der Waals surface area contributed by atoms with Crippen LogP contribution in [0.3, 0.4) is 0 Å². The van der Waals surface area contributed by atoms with Crippen LogP contribution in [0.15, 0.2) is 0 Å². The summed E-state index contributed by atoms with van der Waals surface area (Å²) in [7, 11) is 0. The summed E-state index contributed by atoms with van der Waals surface area (Å²) in [6.45, 7) is 13.0. The van der Waals surface area contributed by atoms with Gasteiger partial charge in [-0.2, -0.15) is 0 Å². The predicted octanol–water partition coefficient (Wildman–Crippen LogP) is 2.52. The Labute approximate surface area is 145 Å². The first-order valence-corrected chi connectivity index (χ1v) is 9.15. The molecule has 1 N–H and O–H groups in total. The number of nitrogens with zero attached hydrogens (tertiary/aromatic N) is 1. The van der Waals surface area contributed by atoms with Gasteiger partial charge in [0.25, 0.3) is 0 Å². The van der Waals surface area contributed by atoms with E-state index in [1.54, 1.807) is 0 Å². The normalized spacial score (nSPS) is 34.3. The van der Waals surface area contributed by atoms with Gasteiger partial charge in [-0.05, 0) is 53.9 Å². The molecule has 6 heteroatoms. The van der Waals surface area contributed by atoms with E-state index in [0.29, 0.717) is 19.8 Å². The largest absolute Gasteiger partial charge is 0.367 e. The number of carbonyl (C=O) groups is 1. The lowest BCUT2D eigenvalue weighted by atomic mass is 9.90. The van der Waals surface area contributed by atoms with Crippen molar-refractivity contribution in [1.82, 2.24) is 10.2 Å². The van der Waals surface area contributed by atoms with E-state index in [4.69, 9.17) is 14.2 Å². The van der Waals surface area contributed by atoms with Crippen LogP contribution in [0.5, 0.6) is 0 Å². The van der Waals surface area contributed by atoms with Crippen LogP contribution >= 0.6 is 0 Å². The van der Waals surface area contributed by atoms with Crippen molar-refractivity contribution in [2.45, 2.75) is 76.9 Å². The molecule has 0 aromatic carbocycles. The maximum atomic E-state index is 12.8. The number of ether oxygens (including phenoxy) is 3. The third-order valence-electron chi connectivity index (χ3n) is 5.68. The number of amides is 2. The van der Waals surface area contributed by atoms with E-state index in [0.717, 1.165) is 25.8 Å². The summed E-state index contributed by atoms with van der Waals surface area (Å²) in [4.78, 5) is 14.7. The zero-order valence-electron chi connectivity index (χ0n) is 15.7. The fourth-order valence-electron chi connectivity index (χ4n) is 4.38. The molecule has 0 unspecified atom stereocenters. The van der Waals surface area contributed by atoms with Crippen molar-refractivity contribution in [2.24, 2.45) is 5.92 Å². The Balaban J connectivity index is 1.61. The average Bonchev–Trinajstić information content (AvgIpc) is 3.01. The number of likely N-dealkylation sites (tertiary alicyclic amines) is 1. The number of hydrogen-bond acceptors (Lipinski definition) is 4. The fraction of sp³-hybridized carbons (Fsp3) is 0.944. The monoisotopic (exact) mass is 340 g/mol. The number of hydrogen-bond donors (Lipinski definition) is 1. The molecular weight excluding hydrogens is 308 g/mol. The van der Waals surface area contributed by atoms with E-state index in [9.17, 15) is 4.79 Å². The van der Waals surface area contributed by atoms with Gasteiger partial charge in [0.2, 0.25) is 0 Å². The summed E-state index contributed by atoms with van der Waals surface area (Å²) >= 11 is 0. The van der Waals surface area contributed by atoms with Gasteiger partial charge in [-0.25, -0.2) is 4.79 Å². The minimum absolute atomic E-state index is 0.000622. The molecule has 2 amide bonds. The third kappa shape index (κ3) is 3.55. The van der Waals surface area contributed by atoms with Crippen LogP contribution in [0, 0.1) is 5.92 Å². The molecule has 6 nitrogen and oxygen atoms in total. The molecule has 3 saturated heterocycles. The SMILES string of the molecule is CC1(C)C[C@H](NC(=O)N2CCC[C@H](C3(C)OCCO3)C2)C(C)(C)O1. The molecule has 3 heterocycles. The molecule has 138 valence electrons. The number of rotatable bonds is 2. The van der Waals surface area contributed by atoms with Crippen molar-refractivity contribution >= 4 is 6.03 Å². The molecule has 0 spiro atoms. The first-order chi connectivity index (χ1) is 11.1. The van der Waals surface area contributed by atoms with Gasteiger partial charge in [0, 0.05) is 19.0 Å². The van der Waals surface area contributed by atoms with Gasteiger partial charge in [0.05, 0.1) is 30.5 Å². The molecule has 24 heavy (non-hydrogen) atoms. The maximum Gasteiger partial charge on any atom is 0.317 e. The maximum absolute atomic E-state index is 12.8. The van der Waals surface area contributed by atoms with Crippen molar-refractivity contribution in [2.75, 3.05) is 26.3 Å². The van der Waals surface area contributed by atoms with Crippen LogP contribution in [-0.4, -0.2) is 60.3 Å². The van der Waals surface area contributed by atoms with Crippen molar-refractivity contribution in [3.63, 3.8) is 0 Å². The molecule has 0 aromatic heterocycles. The predicted molar refractivity (Wildman–Crippen MR) is 90.8 cm³/mol. The Morgan fingerprint density at radius 3 is 2.38 bits per heavy atom. The minimum atomic E-state index is -0.545. The van der Waals surface area contributed by atoms with E-state index in [-0.39, 0.29) is 29.2 Å². The molecule has 3 aliphatic rings. The lowest BCUT2D eigenvalue weighted by Crippen LogP contribution is -2.55. The summed E-state index contributed by atoms with van der Waals surface area (Å²) in [5.74, 6) is -0.319. The summed E-state index contributed by atoms with van der Waals surface area (Å²) in [6.07, 6.45) is 2.84. The van der Waals surface area contributed by atoms with Gasteiger partial charge in [-0.3, -0.25) is 0 Å². The quantitative estimate of drug-likeness (QED) is 0.839. The molecule has 0 bridgehead atoms. The molecule has 0 saturated carbocycles. The number of urea groups is 1. The highest BCUT2D eigenvalue weighted by molar-refractivity contribution is 5.75. The van der Waals surface area contributed by atoms with Crippen LogP contribution in [0.4, 0.5) is 4.79 Å². The first-order valence-electron chi connectivity index (χ1n) is 9.15. The Morgan fingerprint density at radius 1 is 1.12 bits per heavy atom. The van der Waals surface area contributed by atoms with Crippen LogP contribution in [-0.2, 0) is 14.2 Å². The Morgan fingerprint density at radius 2 is 1.79 bits per heavy atom. The lowest BCUT2D eigenvalue weighted by Gasteiger charge is -2.40. The highest BCUT2D eigenvalue weighted by Crippen LogP contribution is 2.38. The molecule has 2 atom stereocenters. The van der Waals surface area contributed by atoms with Crippen molar-refractivity contribution in [3.05, 3.63) is 0 Å². The molecule has 3 aliphatic heterocycles. The number of nitrogens with one attached hydrogen (secondary N) is 1. The summed E-state index contributed by atoms with van der Waals surface area (Å²) in [5.41, 5.74) is -0.553. The smallest absolute Gasteiger partial charge is 0.317 e. The molecule has 0 radical (unpaired) electrons. The van der Waals surface area contributed by atoms with Crippen LogP contribution in [0.2, 0.25) is 0 Å². The summed E-state index contributed by atoms with van der Waals surface area (Å²) in [5, 5.41) is 3.20. The second kappa shape index (κ2) is 6.15. The fourth-order valence-corrected chi connectivity index (χ4v) is 4.38. The van der Waals surface area contributed by atoms with Gasteiger partial charge in [-0.15, -0.1) is 0 Å². The summed E-state index contributed by atoms with van der Waals surface area (Å²) < 4.78 is 17.7. The molecule has 3 fully saturated rings. The van der Waals surface area contributed by atoms with Gasteiger partial charge >= 0.3 is 6.03 Å². The molecule has 3 rings (SSSR count). The van der Waals surface area contributed by atoms with E-state index in [1.165, 1.54) is 0 Å². The average molecular weight is 340 g/mol. The van der Waals surface area contributed by atoms with E-state index < -0.39 is 5.79 Å². The number of carbonyl (C=O) groups excluding carboxylic acids is 1. The molecule has 0 aromatic rings. The second-order valence-corrected chi connectivity index (χ2v) is 8.67. The third-order valence-corrected chi connectivity index (χ3v) is 5.68. The van der Waals surface area contributed by atoms with E-state index >= 15 is 0 Å². The van der Waals surface area contributed by atoms with Crippen LogP contribution in [0.1, 0.15) is 53.9 Å². The van der Waals surface area contributed by atoms with Crippen molar-refractivity contribution in [3.8, 4) is 0 Å². The highest BCUT2D eigenvalue weighted by Gasteiger charge is 2.47. The zero-order valence-corrected chi connectivity index (χ0v) is 15.7. The summed E-state index contributed by atoms with van der Waals surface area (Å²) in [6, 6.07) is 0.0237. The van der Waals surface area contributed by atoms with Gasteiger partial charge in [-0.1, -0.05) is 0 Å². The number of piperidine rings is 1. The van der Waals surface area contributed by atoms with Gasteiger partial charge in [0.15, 0.2) is 5.79 Å². The first kappa shape index (κ1) is 18.0. The van der Waals surface area contributed by atoms with Crippen molar-refractivity contribution < 1.29 is 19.0 Å². The van der Waals surface area contributed by atoms with Crippen molar-refractivity contribution in [1.29, 1.82) is 0 Å². The molecule has 0 aliphatic carbocycles. The minimum Gasteiger partial charge on any atom is -0.367 e.